The summed E-state index contributed by atoms with van der Waals surface area (Å²) >= 11 is 0. The predicted molar refractivity (Wildman–Crippen MR) is 68.5 cm³/mol. The molecule has 7 heteroatoms. The molecule has 1 fully saturated rings. The summed E-state index contributed by atoms with van der Waals surface area (Å²) < 4.78 is 18.0. The van der Waals surface area contributed by atoms with Crippen LogP contribution in [0, 0.1) is 5.95 Å². The molecule has 20 heavy (non-hydrogen) atoms. The Morgan fingerprint density at radius 3 is 2.80 bits per heavy atom. The quantitative estimate of drug-likeness (QED) is 0.800. The summed E-state index contributed by atoms with van der Waals surface area (Å²) in [6.45, 7) is 2.46. The molecule has 1 N–H and O–H groups in total. The van der Waals surface area contributed by atoms with E-state index in [1.165, 1.54) is 18.2 Å². The summed E-state index contributed by atoms with van der Waals surface area (Å²) in [4.78, 5) is 28.7. The van der Waals surface area contributed by atoms with Crippen molar-refractivity contribution in [3.05, 3.63) is 29.8 Å². The first-order valence-electron chi connectivity index (χ1n) is 6.43. The summed E-state index contributed by atoms with van der Waals surface area (Å²) in [7, 11) is 0. The van der Waals surface area contributed by atoms with Crippen LogP contribution >= 0.6 is 0 Å². The lowest BCUT2D eigenvalue weighted by Gasteiger charge is -2.26. The van der Waals surface area contributed by atoms with Crippen LogP contribution in [0.15, 0.2) is 18.2 Å². The van der Waals surface area contributed by atoms with E-state index >= 15 is 0 Å². The lowest BCUT2D eigenvalue weighted by atomic mass is 10.3. The van der Waals surface area contributed by atoms with E-state index in [4.69, 9.17) is 4.74 Å². The van der Waals surface area contributed by atoms with Gasteiger partial charge in [-0.15, -0.1) is 0 Å². The molecule has 2 heterocycles. The molecule has 1 saturated heterocycles. The van der Waals surface area contributed by atoms with Crippen LogP contribution in [0.25, 0.3) is 0 Å². The molecule has 0 unspecified atom stereocenters. The van der Waals surface area contributed by atoms with Crippen molar-refractivity contribution in [3.8, 4) is 0 Å². The number of rotatable bonds is 4. The van der Waals surface area contributed by atoms with E-state index < -0.39 is 11.9 Å². The van der Waals surface area contributed by atoms with Gasteiger partial charge in [-0.2, -0.15) is 4.39 Å². The summed E-state index contributed by atoms with van der Waals surface area (Å²) in [5.41, 5.74) is 0.00354. The molecule has 1 aromatic heterocycles. The summed E-state index contributed by atoms with van der Waals surface area (Å²) in [6.07, 6.45) is 0.209. The van der Waals surface area contributed by atoms with Gasteiger partial charge in [0, 0.05) is 26.1 Å². The van der Waals surface area contributed by atoms with Crippen molar-refractivity contribution in [2.24, 2.45) is 0 Å². The second-order valence-corrected chi connectivity index (χ2v) is 4.34. The van der Waals surface area contributed by atoms with Gasteiger partial charge in [-0.05, 0) is 12.1 Å². The number of ether oxygens (including phenoxy) is 1. The van der Waals surface area contributed by atoms with Gasteiger partial charge in [0.05, 0.1) is 13.2 Å². The molecular formula is C13H16FN3O3. The second-order valence-electron chi connectivity index (χ2n) is 4.34. The van der Waals surface area contributed by atoms with Gasteiger partial charge >= 0.3 is 0 Å². The summed E-state index contributed by atoms with van der Waals surface area (Å²) in [6, 6.07) is 4.00. The second kappa shape index (κ2) is 6.95. The molecule has 1 aromatic rings. The van der Waals surface area contributed by atoms with E-state index in [1.54, 1.807) is 4.90 Å². The van der Waals surface area contributed by atoms with Gasteiger partial charge in [-0.3, -0.25) is 9.59 Å². The highest BCUT2D eigenvalue weighted by Gasteiger charge is 2.16. The Morgan fingerprint density at radius 1 is 1.35 bits per heavy atom. The maximum Gasteiger partial charge on any atom is 0.270 e. The Kier molecular flexibility index (Phi) is 5.00. The van der Waals surface area contributed by atoms with E-state index in [0.29, 0.717) is 26.3 Å². The third kappa shape index (κ3) is 3.99. The lowest BCUT2D eigenvalue weighted by Crippen LogP contribution is -2.42. The molecule has 0 bridgehead atoms. The normalized spacial score (nSPS) is 14.9. The number of morpholine rings is 1. The first-order valence-corrected chi connectivity index (χ1v) is 6.43. The maximum atomic E-state index is 12.9. The highest BCUT2D eigenvalue weighted by Crippen LogP contribution is 2.00. The van der Waals surface area contributed by atoms with Crippen LogP contribution in [0.3, 0.4) is 0 Å². The topological polar surface area (TPSA) is 71.5 Å². The predicted octanol–water partition coefficient (Wildman–Crippen LogP) is 0.199. The molecule has 0 radical (unpaired) electrons. The molecule has 0 atom stereocenters. The monoisotopic (exact) mass is 281 g/mol. The Bertz CT molecular complexity index is 490. The fourth-order valence-electron chi connectivity index (χ4n) is 1.88. The van der Waals surface area contributed by atoms with Crippen LogP contribution in [-0.2, 0) is 9.53 Å². The van der Waals surface area contributed by atoms with Crippen molar-refractivity contribution in [3.63, 3.8) is 0 Å². The zero-order valence-electron chi connectivity index (χ0n) is 11.0. The minimum absolute atomic E-state index is 0.00354. The van der Waals surface area contributed by atoms with Gasteiger partial charge in [-0.25, -0.2) is 4.98 Å². The Morgan fingerprint density at radius 2 is 2.10 bits per heavy atom. The van der Waals surface area contributed by atoms with Crippen molar-refractivity contribution in [2.75, 3.05) is 32.8 Å². The van der Waals surface area contributed by atoms with E-state index in [0.717, 1.165) is 0 Å². The van der Waals surface area contributed by atoms with E-state index in [1.807, 2.05) is 0 Å². The van der Waals surface area contributed by atoms with Gasteiger partial charge in [-0.1, -0.05) is 6.07 Å². The Labute approximate surface area is 115 Å². The zero-order valence-corrected chi connectivity index (χ0v) is 11.0. The number of amides is 2. The van der Waals surface area contributed by atoms with Crippen LogP contribution in [-0.4, -0.2) is 54.5 Å². The Balaban J connectivity index is 1.75. The number of carbonyl (C=O) groups is 2. The fourth-order valence-corrected chi connectivity index (χ4v) is 1.88. The summed E-state index contributed by atoms with van der Waals surface area (Å²) in [5.74, 6) is -1.22. The van der Waals surface area contributed by atoms with Gasteiger partial charge < -0.3 is 15.0 Å². The van der Waals surface area contributed by atoms with Crippen molar-refractivity contribution < 1.29 is 18.7 Å². The van der Waals surface area contributed by atoms with E-state index in [-0.39, 0.29) is 24.6 Å². The standard InChI is InChI=1S/C13H16FN3O3/c14-11-3-1-2-10(16-11)13(19)15-5-4-12(18)17-6-8-20-9-7-17/h1-3H,4-9H2,(H,15,19). The molecule has 108 valence electrons. The fraction of sp³-hybridized carbons (Fsp3) is 0.462. The number of hydrogen-bond acceptors (Lipinski definition) is 4. The Hall–Kier alpha value is -2.02. The van der Waals surface area contributed by atoms with Crippen molar-refractivity contribution >= 4 is 11.8 Å². The smallest absolute Gasteiger partial charge is 0.270 e. The van der Waals surface area contributed by atoms with Gasteiger partial charge in [0.2, 0.25) is 11.9 Å². The first-order chi connectivity index (χ1) is 9.66. The lowest BCUT2D eigenvalue weighted by molar-refractivity contribution is -0.135. The molecule has 0 aromatic carbocycles. The molecule has 6 nitrogen and oxygen atoms in total. The average molecular weight is 281 g/mol. The van der Waals surface area contributed by atoms with Crippen LogP contribution in [0.2, 0.25) is 0 Å². The molecule has 0 aliphatic carbocycles. The van der Waals surface area contributed by atoms with E-state index in [2.05, 4.69) is 10.3 Å². The number of aromatic nitrogens is 1. The van der Waals surface area contributed by atoms with Crippen LogP contribution in [0.1, 0.15) is 16.9 Å². The molecular weight excluding hydrogens is 265 g/mol. The number of carbonyl (C=O) groups excluding carboxylic acids is 2. The molecule has 2 amide bonds. The maximum absolute atomic E-state index is 12.9. The number of hydrogen-bond donors (Lipinski definition) is 1. The number of pyridine rings is 1. The van der Waals surface area contributed by atoms with E-state index in [9.17, 15) is 14.0 Å². The molecule has 1 aliphatic heterocycles. The van der Waals surface area contributed by atoms with Crippen LogP contribution in [0.4, 0.5) is 4.39 Å². The third-order valence-electron chi connectivity index (χ3n) is 2.94. The summed E-state index contributed by atoms with van der Waals surface area (Å²) in [5, 5.41) is 2.55. The molecule has 1 aliphatic rings. The third-order valence-corrected chi connectivity index (χ3v) is 2.94. The molecule has 0 saturated carbocycles. The van der Waals surface area contributed by atoms with Gasteiger partial charge in [0.15, 0.2) is 0 Å². The minimum Gasteiger partial charge on any atom is -0.378 e. The number of nitrogens with one attached hydrogen (secondary N) is 1. The molecule has 2 rings (SSSR count). The average Bonchev–Trinajstić information content (AvgIpc) is 2.48. The largest absolute Gasteiger partial charge is 0.378 e. The SMILES string of the molecule is O=C(NCCC(=O)N1CCOCC1)c1cccc(F)n1. The molecule has 0 spiro atoms. The van der Waals surface area contributed by atoms with Gasteiger partial charge in [0.1, 0.15) is 5.69 Å². The van der Waals surface area contributed by atoms with Gasteiger partial charge in [0.25, 0.3) is 5.91 Å². The van der Waals surface area contributed by atoms with Crippen molar-refractivity contribution in [1.82, 2.24) is 15.2 Å². The van der Waals surface area contributed by atoms with Crippen LogP contribution < -0.4 is 5.32 Å². The highest BCUT2D eigenvalue weighted by molar-refractivity contribution is 5.92. The van der Waals surface area contributed by atoms with Crippen molar-refractivity contribution in [2.45, 2.75) is 6.42 Å². The number of halogens is 1. The van der Waals surface area contributed by atoms with Crippen molar-refractivity contribution in [1.29, 1.82) is 0 Å². The van der Waals surface area contributed by atoms with Crippen LogP contribution in [0.5, 0.6) is 0 Å². The highest BCUT2D eigenvalue weighted by atomic mass is 19.1. The number of nitrogens with zero attached hydrogens (tertiary/aromatic N) is 2. The first kappa shape index (κ1) is 14.4. The minimum atomic E-state index is -0.706. The zero-order chi connectivity index (χ0) is 14.4.